The van der Waals surface area contributed by atoms with Crippen molar-refractivity contribution in [1.82, 2.24) is 5.32 Å². The molecular weight excluding hydrogens is 324 g/mol. The van der Waals surface area contributed by atoms with Gasteiger partial charge in [-0.25, -0.2) is 4.79 Å². The van der Waals surface area contributed by atoms with Crippen molar-refractivity contribution in [3.8, 4) is 17.2 Å². The summed E-state index contributed by atoms with van der Waals surface area (Å²) in [5.74, 6) is 0.835. The fourth-order valence-corrected chi connectivity index (χ4v) is 2.88. The molecule has 0 bridgehead atoms. The highest BCUT2D eigenvalue weighted by molar-refractivity contribution is 6.14. The number of methoxy groups -OCH3 is 3. The Morgan fingerprint density at radius 2 is 1.52 bits per heavy atom. The summed E-state index contributed by atoms with van der Waals surface area (Å²) in [5, 5.41) is 2.35. The summed E-state index contributed by atoms with van der Waals surface area (Å²) in [6.45, 7) is 0. The second kappa shape index (κ2) is 6.72. The minimum atomic E-state index is -0.830. The summed E-state index contributed by atoms with van der Waals surface area (Å²) < 4.78 is 16.0. The first-order valence-electron chi connectivity index (χ1n) is 7.59. The minimum absolute atomic E-state index is 0.414. The van der Waals surface area contributed by atoms with Crippen molar-refractivity contribution in [2.75, 3.05) is 26.2 Å². The van der Waals surface area contributed by atoms with Crippen LogP contribution < -0.4 is 24.4 Å². The number of carbonyl (C=O) groups is 2. The molecule has 0 aromatic heterocycles. The molecule has 0 radical (unpaired) electrons. The quantitative estimate of drug-likeness (QED) is 0.845. The zero-order chi connectivity index (χ0) is 18.0. The normalized spacial score (nSPS) is 16.6. The maximum absolute atomic E-state index is 12.4. The van der Waals surface area contributed by atoms with Gasteiger partial charge in [0, 0.05) is 5.69 Å². The van der Waals surface area contributed by atoms with Gasteiger partial charge in [-0.05, 0) is 29.8 Å². The zero-order valence-corrected chi connectivity index (χ0v) is 14.1. The lowest BCUT2D eigenvalue weighted by atomic mass is 10.0. The van der Waals surface area contributed by atoms with Crippen LogP contribution in [0.5, 0.6) is 17.2 Å². The van der Waals surface area contributed by atoms with E-state index in [0.29, 0.717) is 28.5 Å². The molecule has 1 saturated heterocycles. The second-order valence-electron chi connectivity index (χ2n) is 5.36. The molecule has 1 aliphatic rings. The topological polar surface area (TPSA) is 77.1 Å². The Kier molecular flexibility index (Phi) is 4.47. The molecular formula is C18H18N2O5. The van der Waals surface area contributed by atoms with Crippen molar-refractivity contribution in [1.29, 1.82) is 0 Å². The van der Waals surface area contributed by atoms with E-state index in [1.165, 1.54) is 26.2 Å². The first-order valence-corrected chi connectivity index (χ1v) is 7.59. The Bertz CT molecular complexity index is 781. The summed E-state index contributed by atoms with van der Waals surface area (Å²) in [6.07, 6.45) is 0. The van der Waals surface area contributed by atoms with Crippen LogP contribution in [0.3, 0.4) is 0 Å². The molecule has 1 N–H and O–H groups in total. The average molecular weight is 342 g/mol. The number of para-hydroxylation sites is 1. The van der Waals surface area contributed by atoms with Gasteiger partial charge < -0.3 is 14.2 Å². The number of urea groups is 1. The summed E-state index contributed by atoms with van der Waals surface area (Å²) >= 11 is 0. The average Bonchev–Trinajstić information content (AvgIpc) is 2.94. The van der Waals surface area contributed by atoms with Crippen LogP contribution in [0.2, 0.25) is 0 Å². The predicted octanol–water partition coefficient (Wildman–Crippen LogP) is 2.51. The molecule has 1 aliphatic heterocycles. The smallest absolute Gasteiger partial charge is 0.329 e. The van der Waals surface area contributed by atoms with Crippen LogP contribution in [-0.4, -0.2) is 33.3 Å². The van der Waals surface area contributed by atoms with Gasteiger partial charge in [0.1, 0.15) is 6.04 Å². The fourth-order valence-electron chi connectivity index (χ4n) is 2.88. The van der Waals surface area contributed by atoms with Gasteiger partial charge >= 0.3 is 6.03 Å². The predicted molar refractivity (Wildman–Crippen MR) is 91.3 cm³/mol. The Balaban J connectivity index is 2.13. The van der Waals surface area contributed by atoms with Gasteiger partial charge in [-0.2, -0.15) is 0 Å². The molecule has 7 heteroatoms. The maximum atomic E-state index is 12.4. The molecule has 1 heterocycles. The van der Waals surface area contributed by atoms with E-state index < -0.39 is 18.0 Å². The van der Waals surface area contributed by atoms with Crippen LogP contribution in [0.15, 0.2) is 42.5 Å². The SMILES string of the molecule is COc1cc(C2C(=O)NC(=O)N2c2ccccc2)cc(OC)c1OC. The van der Waals surface area contributed by atoms with Crippen LogP contribution >= 0.6 is 0 Å². The van der Waals surface area contributed by atoms with Gasteiger partial charge in [-0.15, -0.1) is 0 Å². The van der Waals surface area contributed by atoms with E-state index in [1.54, 1.807) is 36.4 Å². The molecule has 1 unspecified atom stereocenters. The molecule has 2 aromatic carbocycles. The van der Waals surface area contributed by atoms with E-state index >= 15 is 0 Å². The first-order chi connectivity index (χ1) is 12.1. The van der Waals surface area contributed by atoms with Crippen LogP contribution in [0.4, 0.5) is 10.5 Å². The third-order valence-electron chi connectivity index (χ3n) is 3.99. The minimum Gasteiger partial charge on any atom is -0.493 e. The number of hydrogen-bond donors (Lipinski definition) is 1. The maximum Gasteiger partial charge on any atom is 0.329 e. The first kappa shape index (κ1) is 16.6. The van der Waals surface area contributed by atoms with Gasteiger partial charge in [0.05, 0.1) is 21.3 Å². The number of benzene rings is 2. The Morgan fingerprint density at radius 1 is 0.920 bits per heavy atom. The van der Waals surface area contributed by atoms with Crippen LogP contribution in [0, 0.1) is 0 Å². The summed E-state index contributed by atoms with van der Waals surface area (Å²) in [6, 6.07) is 11.0. The van der Waals surface area contributed by atoms with E-state index in [0.717, 1.165) is 0 Å². The number of carbonyl (C=O) groups excluding carboxylic acids is 2. The fraction of sp³-hybridized carbons (Fsp3) is 0.222. The lowest BCUT2D eigenvalue weighted by molar-refractivity contribution is -0.119. The van der Waals surface area contributed by atoms with Crippen molar-refractivity contribution in [2.45, 2.75) is 6.04 Å². The highest BCUT2D eigenvalue weighted by atomic mass is 16.5. The lowest BCUT2D eigenvalue weighted by Crippen LogP contribution is -2.29. The van der Waals surface area contributed by atoms with E-state index in [2.05, 4.69) is 5.32 Å². The summed E-state index contributed by atoms with van der Waals surface area (Å²) in [4.78, 5) is 26.1. The number of nitrogens with one attached hydrogen (secondary N) is 1. The Morgan fingerprint density at radius 3 is 2.04 bits per heavy atom. The molecule has 2 aromatic rings. The number of imide groups is 1. The van der Waals surface area contributed by atoms with Crippen molar-refractivity contribution in [3.05, 3.63) is 48.0 Å². The van der Waals surface area contributed by atoms with E-state index in [1.807, 2.05) is 6.07 Å². The third kappa shape index (κ3) is 2.84. The largest absolute Gasteiger partial charge is 0.493 e. The van der Waals surface area contributed by atoms with Crippen LogP contribution in [-0.2, 0) is 4.79 Å². The molecule has 130 valence electrons. The standard InChI is InChI=1S/C18H18N2O5/c1-23-13-9-11(10-14(24-2)16(13)25-3)15-17(21)19-18(22)20(15)12-7-5-4-6-8-12/h4-10,15H,1-3H3,(H,19,21,22). The number of hydrogen-bond acceptors (Lipinski definition) is 5. The molecule has 0 saturated carbocycles. The van der Waals surface area contributed by atoms with Gasteiger partial charge in [-0.3, -0.25) is 15.0 Å². The molecule has 7 nitrogen and oxygen atoms in total. The monoisotopic (exact) mass is 342 g/mol. The van der Waals surface area contributed by atoms with Crippen molar-refractivity contribution < 1.29 is 23.8 Å². The molecule has 25 heavy (non-hydrogen) atoms. The Labute approximate surface area is 145 Å². The van der Waals surface area contributed by atoms with E-state index in [4.69, 9.17) is 14.2 Å². The number of anilines is 1. The molecule has 1 fully saturated rings. The van der Waals surface area contributed by atoms with Gasteiger partial charge in [-0.1, -0.05) is 18.2 Å². The lowest BCUT2D eigenvalue weighted by Gasteiger charge is -2.23. The third-order valence-corrected chi connectivity index (χ3v) is 3.99. The van der Waals surface area contributed by atoms with Crippen molar-refractivity contribution >= 4 is 17.6 Å². The van der Waals surface area contributed by atoms with Crippen LogP contribution in [0.1, 0.15) is 11.6 Å². The van der Waals surface area contributed by atoms with Gasteiger partial charge in [0.25, 0.3) is 5.91 Å². The summed E-state index contributed by atoms with van der Waals surface area (Å²) in [7, 11) is 4.49. The van der Waals surface area contributed by atoms with Gasteiger partial charge in [0.15, 0.2) is 11.5 Å². The highest BCUT2D eigenvalue weighted by Gasteiger charge is 2.41. The van der Waals surface area contributed by atoms with Crippen molar-refractivity contribution in [3.63, 3.8) is 0 Å². The second-order valence-corrected chi connectivity index (χ2v) is 5.36. The summed E-state index contributed by atoms with van der Waals surface area (Å²) in [5.41, 5.74) is 1.17. The number of ether oxygens (including phenoxy) is 3. The molecule has 3 rings (SSSR count). The van der Waals surface area contributed by atoms with E-state index in [-0.39, 0.29) is 0 Å². The number of rotatable bonds is 5. The molecule has 3 amide bonds. The van der Waals surface area contributed by atoms with Crippen LogP contribution in [0.25, 0.3) is 0 Å². The Hall–Kier alpha value is -3.22. The zero-order valence-electron chi connectivity index (χ0n) is 14.1. The van der Waals surface area contributed by atoms with Crippen molar-refractivity contribution in [2.24, 2.45) is 0 Å². The molecule has 1 atom stereocenters. The highest BCUT2D eigenvalue weighted by Crippen LogP contribution is 2.42. The molecule has 0 aliphatic carbocycles. The van der Waals surface area contributed by atoms with E-state index in [9.17, 15) is 9.59 Å². The number of amides is 3. The molecule has 0 spiro atoms. The van der Waals surface area contributed by atoms with Gasteiger partial charge in [0.2, 0.25) is 5.75 Å². The number of nitrogens with zero attached hydrogens (tertiary/aromatic N) is 1.